The third kappa shape index (κ3) is 3.26. The number of nitrogens with zero attached hydrogens (tertiary/aromatic N) is 3. The number of anilines is 3. The van der Waals surface area contributed by atoms with Crippen LogP contribution in [-0.2, 0) is 0 Å². The Kier molecular flexibility index (Phi) is 3.92. The molecule has 0 amide bonds. The van der Waals surface area contributed by atoms with E-state index < -0.39 is 5.82 Å². The maximum atomic E-state index is 14.0. The molecule has 0 atom stereocenters. The van der Waals surface area contributed by atoms with E-state index in [1.165, 1.54) is 28.7 Å². The van der Waals surface area contributed by atoms with Crippen molar-refractivity contribution in [2.75, 3.05) is 16.0 Å². The second-order valence-corrected chi connectivity index (χ2v) is 5.03. The lowest BCUT2D eigenvalue weighted by atomic mass is 10.4. The molecule has 0 saturated carbocycles. The zero-order valence-electron chi connectivity index (χ0n) is 10.9. The summed E-state index contributed by atoms with van der Waals surface area (Å²) in [5.41, 5.74) is 6.91. The molecule has 0 aliphatic rings. The predicted molar refractivity (Wildman–Crippen MR) is 82.5 cm³/mol. The quantitative estimate of drug-likeness (QED) is 0.706. The Balaban J connectivity index is 1.89. The van der Waals surface area contributed by atoms with Crippen LogP contribution in [0.4, 0.5) is 20.9 Å². The van der Waals surface area contributed by atoms with Crippen molar-refractivity contribution in [3.8, 4) is 0 Å². The first-order valence-corrected chi connectivity index (χ1v) is 7.08. The molecule has 0 aliphatic carbocycles. The van der Waals surface area contributed by atoms with Crippen LogP contribution in [0.1, 0.15) is 0 Å². The van der Waals surface area contributed by atoms with Crippen LogP contribution in [0.25, 0.3) is 0 Å². The van der Waals surface area contributed by atoms with Crippen molar-refractivity contribution in [3.63, 3.8) is 0 Å². The highest BCUT2D eigenvalue weighted by molar-refractivity contribution is 7.14. The Morgan fingerprint density at radius 3 is 2.57 bits per heavy atom. The van der Waals surface area contributed by atoms with Gasteiger partial charge in [0, 0.05) is 18.6 Å². The fourth-order valence-corrected chi connectivity index (χ4v) is 2.29. The number of rotatable bonds is 5. The first-order chi connectivity index (χ1) is 10.3. The van der Waals surface area contributed by atoms with Crippen LogP contribution in [0.15, 0.2) is 60.4 Å². The van der Waals surface area contributed by atoms with Crippen LogP contribution in [-0.4, -0.2) is 9.97 Å². The molecule has 0 fully saturated rings. The van der Waals surface area contributed by atoms with Gasteiger partial charge in [-0.1, -0.05) is 0 Å². The lowest BCUT2D eigenvalue weighted by molar-refractivity contribution is 0.619. The van der Waals surface area contributed by atoms with E-state index in [4.69, 9.17) is 0 Å². The van der Waals surface area contributed by atoms with Crippen molar-refractivity contribution >= 4 is 27.8 Å². The van der Waals surface area contributed by atoms with Crippen LogP contribution in [0.2, 0.25) is 0 Å². The van der Waals surface area contributed by atoms with Gasteiger partial charge in [-0.05, 0) is 41.8 Å². The van der Waals surface area contributed by atoms with Crippen molar-refractivity contribution in [1.82, 2.24) is 9.97 Å². The van der Waals surface area contributed by atoms with Gasteiger partial charge in [0.25, 0.3) is 0 Å². The van der Waals surface area contributed by atoms with E-state index in [9.17, 15) is 4.39 Å². The molecule has 0 spiro atoms. The molecule has 7 heteroatoms. The van der Waals surface area contributed by atoms with Gasteiger partial charge in [-0.2, -0.15) is 5.12 Å². The Bertz CT molecular complexity index is 690. The summed E-state index contributed by atoms with van der Waals surface area (Å²) in [5, 5.41) is 4.24. The number of pyridine rings is 2. The second-order valence-electron chi connectivity index (χ2n) is 4.08. The van der Waals surface area contributed by atoms with E-state index in [0.717, 1.165) is 10.7 Å². The van der Waals surface area contributed by atoms with Gasteiger partial charge in [-0.15, -0.1) is 11.3 Å². The van der Waals surface area contributed by atoms with Crippen molar-refractivity contribution in [1.29, 1.82) is 0 Å². The Morgan fingerprint density at radius 1 is 1.00 bits per heavy atom. The SMILES string of the molecule is Fc1cccnc1N(Nc1ccncc1)Nc1cccs1. The number of hydrogen-bond donors (Lipinski definition) is 2. The molecule has 0 bridgehead atoms. The molecule has 0 aromatic carbocycles. The summed E-state index contributed by atoms with van der Waals surface area (Å²) in [6.07, 6.45) is 4.84. The highest BCUT2D eigenvalue weighted by atomic mass is 32.1. The van der Waals surface area contributed by atoms with Gasteiger partial charge in [-0.3, -0.25) is 15.8 Å². The average molecular weight is 301 g/mol. The molecule has 0 saturated heterocycles. The van der Waals surface area contributed by atoms with Crippen LogP contribution < -0.4 is 16.0 Å². The summed E-state index contributed by atoms with van der Waals surface area (Å²) >= 11 is 1.51. The number of halogens is 1. The van der Waals surface area contributed by atoms with E-state index in [0.29, 0.717) is 0 Å². The summed E-state index contributed by atoms with van der Waals surface area (Å²) in [6, 6.07) is 10.3. The highest BCUT2D eigenvalue weighted by Crippen LogP contribution is 2.21. The minimum atomic E-state index is -0.428. The number of hydrogen-bond acceptors (Lipinski definition) is 6. The molecule has 5 nitrogen and oxygen atoms in total. The van der Waals surface area contributed by atoms with Crippen LogP contribution >= 0.6 is 11.3 Å². The molecule has 3 rings (SSSR count). The van der Waals surface area contributed by atoms with Crippen LogP contribution in [0.5, 0.6) is 0 Å². The van der Waals surface area contributed by atoms with Gasteiger partial charge in [0.05, 0.1) is 5.69 Å². The molecular weight excluding hydrogens is 289 g/mol. The average Bonchev–Trinajstić information content (AvgIpc) is 3.01. The second kappa shape index (κ2) is 6.19. The predicted octanol–water partition coefficient (Wildman–Crippen LogP) is 3.54. The highest BCUT2D eigenvalue weighted by Gasteiger charge is 2.13. The number of nitrogens with one attached hydrogen (secondary N) is 2. The summed E-state index contributed by atoms with van der Waals surface area (Å²) in [7, 11) is 0. The summed E-state index contributed by atoms with van der Waals surface area (Å²) in [5.74, 6) is -0.272. The zero-order chi connectivity index (χ0) is 14.5. The maximum absolute atomic E-state index is 14.0. The molecule has 0 unspecified atom stereocenters. The third-order valence-corrected chi connectivity index (χ3v) is 3.39. The molecular formula is C14H12FN5S. The van der Waals surface area contributed by atoms with Gasteiger partial charge >= 0.3 is 0 Å². The lowest BCUT2D eigenvalue weighted by Gasteiger charge is -2.25. The molecule has 3 aromatic rings. The molecule has 21 heavy (non-hydrogen) atoms. The van der Waals surface area contributed by atoms with Gasteiger partial charge in [0.1, 0.15) is 5.00 Å². The first-order valence-electron chi connectivity index (χ1n) is 6.20. The largest absolute Gasteiger partial charge is 0.278 e. The minimum Gasteiger partial charge on any atom is -0.278 e. The first kappa shape index (κ1) is 13.3. The van der Waals surface area contributed by atoms with Crippen molar-refractivity contribution < 1.29 is 4.39 Å². The smallest absolute Gasteiger partial charge is 0.205 e. The van der Waals surface area contributed by atoms with Crippen molar-refractivity contribution in [2.45, 2.75) is 0 Å². The summed E-state index contributed by atoms with van der Waals surface area (Å²) < 4.78 is 14.0. The number of hydrazine groups is 2. The number of aromatic nitrogens is 2. The zero-order valence-corrected chi connectivity index (χ0v) is 11.7. The summed E-state index contributed by atoms with van der Waals surface area (Å²) in [6.45, 7) is 0. The third-order valence-electron chi connectivity index (χ3n) is 2.62. The van der Waals surface area contributed by atoms with E-state index in [-0.39, 0.29) is 5.82 Å². The normalized spacial score (nSPS) is 10.1. The van der Waals surface area contributed by atoms with Gasteiger partial charge in [0.2, 0.25) is 5.82 Å². The molecule has 3 aromatic heterocycles. The Hall–Kier alpha value is -2.67. The number of thiophene rings is 1. The standard InChI is InChI=1S/C14H12FN5S/c15-12-3-1-7-17-14(12)20(19-13-4-2-10-21-13)18-11-5-8-16-9-6-11/h1-10,19H,(H,16,18). The topological polar surface area (TPSA) is 53.1 Å². The van der Waals surface area contributed by atoms with Gasteiger partial charge in [0.15, 0.2) is 5.82 Å². The van der Waals surface area contributed by atoms with E-state index in [1.807, 2.05) is 17.5 Å². The van der Waals surface area contributed by atoms with Crippen LogP contribution in [0, 0.1) is 5.82 Å². The Morgan fingerprint density at radius 2 is 1.86 bits per heavy atom. The van der Waals surface area contributed by atoms with Crippen LogP contribution in [0.3, 0.4) is 0 Å². The fourth-order valence-electron chi connectivity index (χ4n) is 1.68. The monoisotopic (exact) mass is 301 g/mol. The van der Waals surface area contributed by atoms with Gasteiger partial charge in [-0.25, -0.2) is 9.37 Å². The molecule has 3 heterocycles. The minimum absolute atomic E-state index is 0.155. The molecule has 2 N–H and O–H groups in total. The Labute approximate surface area is 125 Å². The van der Waals surface area contributed by atoms with Crippen molar-refractivity contribution in [3.05, 3.63) is 66.2 Å². The molecule has 0 aliphatic heterocycles. The van der Waals surface area contributed by atoms with Gasteiger partial charge < -0.3 is 0 Å². The molecule has 0 radical (unpaired) electrons. The fraction of sp³-hybridized carbons (Fsp3) is 0. The van der Waals surface area contributed by atoms with E-state index >= 15 is 0 Å². The molecule has 106 valence electrons. The lowest BCUT2D eigenvalue weighted by Crippen LogP contribution is -2.36. The van der Waals surface area contributed by atoms with E-state index in [1.54, 1.807) is 30.6 Å². The van der Waals surface area contributed by atoms with Crippen molar-refractivity contribution in [2.24, 2.45) is 0 Å². The van der Waals surface area contributed by atoms with E-state index in [2.05, 4.69) is 20.8 Å². The maximum Gasteiger partial charge on any atom is 0.205 e. The summed E-state index contributed by atoms with van der Waals surface area (Å²) in [4.78, 5) is 8.02.